The van der Waals surface area contributed by atoms with Gasteiger partial charge < -0.3 is 16.0 Å². The molecule has 1 aromatic carbocycles. The standard InChI is InChI=1S/C26H38ClN3O2/c1-4-5-6-14-23(29-26(32)28-17(2)3)21-16-22(21)25(31)30-24(18-10-7-8-11-18)19-12-9-13-20(27)15-19/h9,12-13,15,18,21-24H,2,4-8,10-11,14,16H2,1,3H3,(H,30,31)(H2,28,29,32)/t21?,22-,23?,24?/m1/s1. The Kier molecular flexibility index (Phi) is 9.03. The summed E-state index contributed by atoms with van der Waals surface area (Å²) in [4.78, 5) is 25.5. The highest BCUT2D eigenvalue weighted by molar-refractivity contribution is 6.30. The fraction of sp³-hybridized carbons (Fsp3) is 0.615. The second-order valence-electron chi connectivity index (χ2n) is 9.57. The summed E-state index contributed by atoms with van der Waals surface area (Å²) in [6.45, 7) is 7.67. The number of benzene rings is 1. The molecule has 0 aliphatic heterocycles. The predicted molar refractivity (Wildman–Crippen MR) is 130 cm³/mol. The van der Waals surface area contributed by atoms with Crippen LogP contribution in [-0.4, -0.2) is 18.0 Å². The van der Waals surface area contributed by atoms with Gasteiger partial charge in [-0.1, -0.05) is 69.3 Å². The zero-order valence-electron chi connectivity index (χ0n) is 19.5. The molecule has 5 nitrogen and oxygen atoms in total. The maximum Gasteiger partial charge on any atom is 0.319 e. The van der Waals surface area contributed by atoms with Crippen LogP contribution in [0.2, 0.25) is 5.02 Å². The van der Waals surface area contributed by atoms with Crippen molar-refractivity contribution in [2.45, 2.75) is 83.7 Å². The number of carbonyl (C=O) groups excluding carboxylic acids is 2. The third kappa shape index (κ3) is 6.99. The van der Waals surface area contributed by atoms with Gasteiger partial charge in [0.05, 0.1) is 6.04 Å². The summed E-state index contributed by atoms with van der Waals surface area (Å²) in [6, 6.07) is 7.66. The molecule has 2 aliphatic carbocycles. The molecule has 2 aliphatic rings. The average molecular weight is 460 g/mol. The van der Waals surface area contributed by atoms with Gasteiger partial charge in [-0.25, -0.2) is 4.79 Å². The van der Waals surface area contributed by atoms with Gasteiger partial charge in [0, 0.05) is 22.7 Å². The molecule has 176 valence electrons. The van der Waals surface area contributed by atoms with E-state index in [2.05, 4.69) is 35.5 Å². The molecule has 0 heterocycles. The van der Waals surface area contributed by atoms with Crippen LogP contribution in [0.1, 0.15) is 83.2 Å². The number of halogens is 1. The lowest BCUT2D eigenvalue weighted by molar-refractivity contribution is -0.123. The number of carbonyl (C=O) groups is 2. The van der Waals surface area contributed by atoms with Gasteiger partial charge in [-0.2, -0.15) is 0 Å². The number of allylic oxidation sites excluding steroid dienone is 1. The van der Waals surface area contributed by atoms with E-state index in [1.165, 1.54) is 12.8 Å². The molecule has 0 spiro atoms. The minimum absolute atomic E-state index is 0.00293. The lowest BCUT2D eigenvalue weighted by Crippen LogP contribution is -2.43. The Morgan fingerprint density at radius 2 is 1.94 bits per heavy atom. The highest BCUT2D eigenvalue weighted by Crippen LogP contribution is 2.44. The van der Waals surface area contributed by atoms with Crippen molar-refractivity contribution >= 4 is 23.5 Å². The van der Waals surface area contributed by atoms with Crippen molar-refractivity contribution in [3.63, 3.8) is 0 Å². The number of unbranched alkanes of at least 4 members (excludes halogenated alkanes) is 2. The lowest BCUT2D eigenvalue weighted by atomic mass is 9.91. The number of hydrogen-bond acceptors (Lipinski definition) is 2. The molecule has 3 N–H and O–H groups in total. The summed E-state index contributed by atoms with van der Waals surface area (Å²) in [5.74, 6) is 0.699. The van der Waals surface area contributed by atoms with Crippen molar-refractivity contribution in [1.29, 1.82) is 0 Å². The minimum Gasteiger partial charge on any atom is -0.349 e. The van der Waals surface area contributed by atoms with Gasteiger partial charge in [0.2, 0.25) is 5.91 Å². The van der Waals surface area contributed by atoms with E-state index in [-0.39, 0.29) is 35.9 Å². The van der Waals surface area contributed by atoms with Crippen molar-refractivity contribution in [3.05, 3.63) is 47.1 Å². The Balaban J connectivity index is 1.64. The van der Waals surface area contributed by atoms with Crippen LogP contribution in [0.15, 0.2) is 36.5 Å². The molecule has 3 amide bonds. The molecule has 2 saturated carbocycles. The van der Waals surface area contributed by atoms with Gasteiger partial charge in [-0.15, -0.1) is 0 Å². The minimum atomic E-state index is -0.229. The second kappa shape index (κ2) is 11.7. The second-order valence-corrected chi connectivity index (χ2v) is 10.0. The van der Waals surface area contributed by atoms with E-state index in [0.717, 1.165) is 50.5 Å². The topological polar surface area (TPSA) is 70.2 Å². The predicted octanol–water partition coefficient (Wildman–Crippen LogP) is 6.11. The molecule has 0 radical (unpaired) electrons. The molecule has 0 bridgehead atoms. The first-order valence-corrected chi connectivity index (χ1v) is 12.6. The van der Waals surface area contributed by atoms with E-state index in [4.69, 9.17) is 11.6 Å². The molecular weight excluding hydrogens is 422 g/mol. The van der Waals surface area contributed by atoms with Crippen LogP contribution < -0.4 is 16.0 Å². The Morgan fingerprint density at radius 3 is 2.59 bits per heavy atom. The highest BCUT2D eigenvalue weighted by Gasteiger charge is 2.48. The van der Waals surface area contributed by atoms with Crippen molar-refractivity contribution in [1.82, 2.24) is 16.0 Å². The van der Waals surface area contributed by atoms with Crippen LogP contribution in [0.25, 0.3) is 0 Å². The summed E-state index contributed by atoms with van der Waals surface area (Å²) < 4.78 is 0. The molecular formula is C26H38ClN3O2. The van der Waals surface area contributed by atoms with Crippen LogP contribution in [0.4, 0.5) is 4.79 Å². The van der Waals surface area contributed by atoms with Crippen LogP contribution in [-0.2, 0) is 4.79 Å². The van der Waals surface area contributed by atoms with Crippen LogP contribution in [0, 0.1) is 17.8 Å². The van der Waals surface area contributed by atoms with E-state index in [1.54, 1.807) is 6.92 Å². The summed E-state index contributed by atoms with van der Waals surface area (Å²) in [5, 5.41) is 9.89. The summed E-state index contributed by atoms with van der Waals surface area (Å²) >= 11 is 6.25. The molecule has 1 aromatic rings. The largest absolute Gasteiger partial charge is 0.349 e. The van der Waals surface area contributed by atoms with Crippen LogP contribution in [0.3, 0.4) is 0 Å². The van der Waals surface area contributed by atoms with Gasteiger partial charge >= 0.3 is 6.03 Å². The van der Waals surface area contributed by atoms with Gasteiger partial charge in [-0.3, -0.25) is 4.79 Å². The van der Waals surface area contributed by atoms with E-state index >= 15 is 0 Å². The van der Waals surface area contributed by atoms with Gasteiger partial charge in [-0.05, 0) is 62.1 Å². The zero-order chi connectivity index (χ0) is 23.1. The van der Waals surface area contributed by atoms with Crippen LogP contribution in [0.5, 0.6) is 0 Å². The highest BCUT2D eigenvalue weighted by atomic mass is 35.5. The molecule has 3 rings (SSSR count). The van der Waals surface area contributed by atoms with E-state index in [0.29, 0.717) is 16.6 Å². The molecule has 0 saturated heterocycles. The van der Waals surface area contributed by atoms with Gasteiger partial charge in [0.15, 0.2) is 0 Å². The molecule has 3 unspecified atom stereocenters. The molecule has 0 aromatic heterocycles. The van der Waals surface area contributed by atoms with Crippen LogP contribution >= 0.6 is 11.6 Å². The fourth-order valence-electron chi connectivity index (χ4n) is 5.09. The number of urea groups is 1. The van der Waals surface area contributed by atoms with Crippen molar-refractivity contribution < 1.29 is 9.59 Å². The SMILES string of the molecule is C=C(C)NC(=O)NC(CCCCC)C1C[C@H]1C(=O)NC(c1cccc(Cl)c1)C1CCCC1. The maximum atomic E-state index is 13.3. The summed E-state index contributed by atoms with van der Waals surface area (Å²) in [6.07, 6.45) is 9.71. The zero-order valence-corrected chi connectivity index (χ0v) is 20.2. The normalized spacial score (nSPS) is 22.1. The number of amides is 3. The van der Waals surface area contributed by atoms with E-state index in [1.807, 2.05) is 18.2 Å². The van der Waals surface area contributed by atoms with Gasteiger partial charge in [0.25, 0.3) is 0 Å². The molecule has 4 atom stereocenters. The Hall–Kier alpha value is -2.01. The average Bonchev–Trinajstić information content (AvgIpc) is 3.36. The third-order valence-electron chi connectivity index (χ3n) is 6.83. The van der Waals surface area contributed by atoms with E-state index < -0.39 is 0 Å². The molecule has 32 heavy (non-hydrogen) atoms. The first kappa shape index (κ1) is 24.6. The monoisotopic (exact) mass is 459 g/mol. The number of nitrogens with one attached hydrogen (secondary N) is 3. The third-order valence-corrected chi connectivity index (χ3v) is 7.07. The Labute approximate surface area is 197 Å². The summed E-state index contributed by atoms with van der Waals surface area (Å²) in [7, 11) is 0. The molecule has 2 fully saturated rings. The van der Waals surface area contributed by atoms with Crippen molar-refractivity contribution in [2.75, 3.05) is 0 Å². The number of rotatable bonds is 11. The number of hydrogen-bond donors (Lipinski definition) is 3. The Morgan fingerprint density at radius 1 is 1.19 bits per heavy atom. The first-order chi connectivity index (χ1) is 15.4. The summed E-state index contributed by atoms with van der Waals surface area (Å²) in [5.41, 5.74) is 1.70. The quantitative estimate of drug-likeness (QED) is 0.349. The molecule has 6 heteroatoms. The lowest BCUT2D eigenvalue weighted by Gasteiger charge is -2.26. The van der Waals surface area contributed by atoms with Crippen molar-refractivity contribution in [2.24, 2.45) is 17.8 Å². The smallest absolute Gasteiger partial charge is 0.319 e. The van der Waals surface area contributed by atoms with Crippen molar-refractivity contribution in [3.8, 4) is 0 Å². The Bertz CT molecular complexity index is 806. The maximum absolute atomic E-state index is 13.3. The fourth-order valence-corrected chi connectivity index (χ4v) is 5.29. The van der Waals surface area contributed by atoms with E-state index in [9.17, 15) is 9.59 Å². The van der Waals surface area contributed by atoms with Gasteiger partial charge in [0.1, 0.15) is 0 Å². The first-order valence-electron chi connectivity index (χ1n) is 12.2.